The van der Waals surface area contributed by atoms with Gasteiger partial charge in [0.25, 0.3) is 0 Å². The molecule has 1 aliphatic carbocycles. The van der Waals surface area contributed by atoms with E-state index in [9.17, 15) is 9.59 Å². The number of carbonyl (C=O) groups is 2. The number of hydrogen-bond acceptors (Lipinski definition) is 3. The molecule has 2 atom stereocenters. The Balaban J connectivity index is 2.79. The second kappa shape index (κ2) is 5.10. The number of ether oxygens (including phenoxy) is 1. The van der Waals surface area contributed by atoms with Crippen LogP contribution in [-0.4, -0.2) is 18.9 Å². The Hall–Kier alpha value is -1.12. The van der Waals surface area contributed by atoms with Crippen molar-refractivity contribution in [3.05, 3.63) is 11.1 Å². The Morgan fingerprint density at radius 3 is 2.53 bits per heavy atom. The van der Waals surface area contributed by atoms with Gasteiger partial charge in [0.1, 0.15) is 6.29 Å². The molecule has 1 rings (SSSR count). The summed E-state index contributed by atoms with van der Waals surface area (Å²) in [6.45, 7) is 6.20. The van der Waals surface area contributed by atoms with E-state index in [1.807, 2.05) is 13.8 Å². The predicted molar refractivity (Wildman–Crippen MR) is 57.3 cm³/mol. The van der Waals surface area contributed by atoms with Gasteiger partial charge >= 0.3 is 5.97 Å². The van der Waals surface area contributed by atoms with Crippen LogP contribution in [0.25, 0.3) is 0 Å². The van der Waals surface area contributed by atoms with Gasteiger partial charge in [0, 0.05) is 5.92 Å². The van der Waals surface area contributed by atoms with Crippen LogP contribution in [-0.2, 0) is 14.3 Å². The fourth-order valence-corrected chi connectivity index (χ4v) is 1.98. The lowest BCUT2D eigenvalue weighted by atomic mass is 9.77. The van der Waals surface area contributed by atoms with E-state index >= 15 is 0 Å². The Morgan fingerprint density at radius 2 is 2.00 bits per heavy atom. The number of rotatable bonds is 3. The predicted octanol–water partition coefficient (Wildman–Crippen LogP) is 2.11. The van der Waals surface area contributed by atoms with Gasteiger partial charge in [-0.25, -0.2) is 0 Å². The van der Waals surface area contributed by atoms with E-state index in [4.69, 9.17) is 4.74 Å². The first-order valence-electron chi connectivity index (χ1n) is 5.37. The number of esters is 1. The molecule has 0 aliphatic heterocycles. The fraction of sp³-hybridized carbons (Fsp3) is 0.667. The third-order valence-corrected chi connectivity index (χ3v) is 3.08. The molecule has 0 aromatic rings. The maximum Gasteiger partial charge on any atom is 0.309 e. The molecule has 0 aromatic carbocycles. The van der Waals surface area contributed by atoms with Gasteiger partial charge in [0.15, 0.2) is 0 Å². The monoisotopic (exact) mass is 210 g/mol. The van der Waals surface area contributed by atoms with E-state index in [2.05, 4.69) is 0 Å². The summed E-state index contributed by atoms with van der Waals surface area (Å²) in [5, 5.41) is 0. The van der Waals surface area contributed by atoms with Crippen molar-refractivity contribution in [1.29, 1.82) is 0 Å². The second-order valence-corrected chi connectivity index (χ2v) is 4.13. The highest BCUT2D eigenvalue weighted by atomic mass is 16.5. The number of aldehydes is 1. The fourth-order valence-electron chi connectivity index (χ4n) is 1.98. The van der Waals surface area contributed by atoms with Crippen LogP contribution in [0.5, 0.6) is 0 Å². The lowest BCUT2D eigenvalue weighted by Gasteiger charge is -2.27. The van der Waals surface area contributed by atoms with Gasteiger partial charge in [-0.05, 0) is 33.6 Å². The minimum atomic E-state index is -0.272. The van der Waals surface area contributed by atoms with Crippen molar-refractivity contribution in [1.82, 2.24) is 0 Å². The molecular formula is C12H18O3. The van der Waals surface area contributed by atoms with Gasteiger partial charge in [0.05, 0.1) is 12.5 Å². The van der Waals surface area contributed by atoms with Crippen LogP contribution in [0.1, 0.15) is 33.6 Å². The largest absolute Gasteiger partial charge is 0.466 e. The zero-order valence-corrected chi connectivity index (χ0v) is 9.58. The van der Waals surface area contributed by atoms with Crippen molar-refractivity contribution in [2.75, 3.05) is 6.61 Å². The van der Waals surface area contributed by atoms with Crippen LogP contribution in [0.15, 0.2) is 11.1 Å². The van der Waals surface area contributed by atoms with Crippen LogP contribution in [0.3, 0.4) is 0 Å². The van der Waals surface area contributed by atoms with Crippen LogP contribution in [0.2, 0.25) is 0 Å². The Morgan fingerprint density at radius 1 is 1.40 bits per heavy atom. The summed E-state index contributed by atoms with van der Waals surface area (Å²) < 4.78 is 4.98. The molecule has 3 nitrogen and oxygen atoms in total. The van der Waals surface area contributed by atoms with Crippen molar-refractivity contribution in [3.8, 4) is 0 Å². The van der Waals surface area contributed by atoms with Gasteiger partial charge < -0.3 is 9.53 Å². The summed E-state index contributed by atoms with van der Waals surface area (Å²) in [7, 11) is 0. The van der Waals surface area contributed by atoms with Gasteiger partial charge in [-0.2, -0.15) is 0 Å². The number of carbonyl (C=O) groups excluding carboxylic acids is 2. The maximum absolute atomic E-state index is 11.6. The summed E-state index contributed by atoms with van der Waals surface area (Å²) in [6, 6.07) is 0. The van der Waals surface area contributed by atoms with Crippen molar-refractivity contribution in [2.24, 2.45) is 11.8 Å². The third-order valence-electron chi connectivity index (χ3n) is 3.08. The van der Waals surface area contributed by atoms with Crippen LogP contribution < -0.4 is 0 Å². The van der Waals surface area contributed by atoms with Crippen molar-refractivity contribution < 1.29 is 14.3 Å². The first-order chi connectivity index (χ1) is 7.10. The molecule has 0 saturated carbocycles. The molecule has 15 heavy (non-hydrogen) atoms. The van der Waals surface area contributed by atoms with E-state index in [1.54, 1.807) is 6.92 Å². The molecule has 0 N–H and O–H groups in total. The number of allylic oxidation sites excluding steroid dienone is 2. The summed E-state index contributed by atoms with van der Waals surface area (Å²) in [5.41, 5.74) is 2.44. The highest BCUT2D eigenvalue weighted by molar-refractivity contribution is 5.77. The lowest BCUT2D eigenvalue weighted by Crippen LogP contribution is -2.30. The van der Waals surface area contributed by atoms with Gasteiger partial charge in [-0.1, -0.05) is 11.1 Å². The zero-order chi connectivity index (χ0) is 11.4. The van der Waals surface area contributed by atoms with E-state index in [0.717, 1.165) is 6.29 Å². The Bertz CT molecular complexity index is 291. The van der Waals surface area contributed by atoms with Crippen LogP contribution in [0.4, 0.5) is 0 Å². The van der Waals surface area contributed by atoms with Crippen molar-refractivity contribution in [2.45, 2.75) is 33.6 Å². The van der Waals surface area contributed by atoms with E-state index in [0.29, 0.717) is 19.4 Å². The smallest absolute Gasteiger partial charge is 0.309 e. The van der Waals surface area contributed by atoms with E-state index < -0.39 is 0 Å². The molecule has 0 unspecified atom stereocenters. The normalized spacial score (nSPS) is 26.3. The Labute approximate surface area is 90.5 Å². The summed E-state index contributed by atoms with van der Waals surface area (Å²) in [4.78, 5) is 22.5. The third kappa shape index (κ3) is 2.67. The molecule has 0 amide bonds. The standard InChI is InChI=1S/C12H18O3/c1-4-15-12(14)11-6-9(3)8(2)5-10(11)7-13/h7,10-11H,4-6H2,1-3H3/t10-,11+/m1/s1. The molecule has 0 fully saturated rings. The highest BCUT2D eigenvalue weighted by Gasteiger charge is 2.33. The second-order valence-electron chi connectivity index (χ2n) is 4.13. The summed E-state index contributed by atoms with van der Waals surface area (Å²) >= 11 is 0. The molecule has 0 aromatic heterocycles. The maximum atomic E-state index is 11.6. The molecular weight excluding hydrogens is 192 g/mol. The van der Waals surface area contributed by atoms with E-state index in [-0.39, 0.29) is 17.8 Å². The first-order valence-corrected chi connectivity index (χ1v) is 5.37. The average Bonchev–Trinajstić information content (AvgIpc) is 2.21. The molecule has 0 bridgehead atoms. The minimum absolute atomic E-state index is 0.201. The Kier molecular flexibility index (Phi) is 4.06. The summed E-state index contributed by atoms with van der Waals surface area (Å²) in [5.74, 6) is -0.708. The molecule has 0 heterocycles. The molecule has 1 aliphatic rings. The highest BCUT2D eigenvalue weighted by Crippen LogP contribution is 2.33. The van der Waals surface area contributed by atoms with Gasteiger partial charge in [-0.3, -0.25) is 4.79 Å². The zero-order valence-electron chi connectivity index (χ0n) is 9.58. The molecule has 84 valence electrons. The first kappa shape index (κ1) is 12.0. The molecule has 3 heteroatoms. The molecule has 0 radical (unpaired) electrons. The summed E-state index contributed by atoms with van der Waals surface area (Å²) in [6.07, 6.45) is 2.24. The quantitative estimate of drug-likeness (QED) is 0.407. The molecule has 0 spiro atoms. The van der Waals surface area contributed by atoms with Crippen LogP contribution >= 0.6 is 0 Å². The molecule has 0 saturated heterocycles. The minimum Gasteiger partial charge on any atom is -0.466 e. The van der Waals surface area contributed by atoms with Crippen LogP contribution in [0, 0.1) is 11.8 Å². The SMILES string of the molecule is CCOC(=O)[C@H]1CC(C)=C(C)C[C@@H]1C=O. The van der Waals surface area contributed by atoms with Gasteiger partial charge in [0.2, 0.25) is 0 Å². The van der Waals surface area contributed by atoms with Gasteiger partial charge in [-0.15, -0.1) is 0 Å². The van der Waals surface area contributed by atoms with Crippen molar-refractivity contribution >= 4 is 12.3 Å². The topological polar surface area (TPSA) is 43.4 Å². The van der Waals surface area contributed by atoms with E-state index in [1.165, 1.54) is 11.1 Å². The van der Waals surface area contributed by atoms with Crippen molar-refractivity contribution in [3.63, 3.8) is 0 Å². The number of hydrogen-bond donors (Lipinski definition) is 0. The average molecular weight is 210 g/mol. The lowest BCUT2D eigenvalue weighted by molar-refractivity contribution is -0.151.